The summed E-state index contributed by atoms with van der Waals surface area (Å²) in [7, 11) is 0. The molecule has 184 valence electrons. The maximum Gasteiger partial charge on any atom is 0.338 e. The number of ether oxygens (including phenoxy) is 1. The summed E-state index contributed by atoms with van der Waals surface area (Å²) in [6, 6.07) is 12.0. The largest absolute Gasteiger partial charge is 0.454 e. The lowest BCUT2D eigenvalue weighted by Gasteiger charge is -2.15. The number of imide groups is 1. The van der Waals surface area contributed by atoms with E-state index in [1.807, 2.05) is 19.9 Å². The van der Waals surface area contributed by atoms with Crippen LogP contribution in [-0.4, -0.2) is 45.4 Å². The number of nitrogens with zero attached hydrogens (tertiary/aromatic N) is 3. The number of amides is 2. The molecule has 2 amide bonds. The molecule has 0 aliphatic carbocycles. The molecular formula is C25H19Cl2N3O5S. The van der Waals surface area contributed by atoms with Gasteiger partial charge in [-0.15, -0.1) is 0 Å². The standard InChI is InChI=1S/C25H19Cl2N3O5S/c1-13-9-14(2)29-25(28-13)36-21-11-22(32)30(23(21)33)17-6-3-15(4-7-17)24(34)35-12-20(31)18-8-5-16(26)10-19(18)27/h3-10,21H,11-12H2,1-2H3. The lowest BCUT2D eigenvalue weighted by atomic mass is 10.1. The van der Waals surface area contributed by atoms with Crippen molar-refractivity contribution in [2.24, 2.45) is 0 Å². The summed E-state index contributed by atoms with van der Waals surface area (Å²) < 4.78 is 5.10. The lowest BCUT2D eigenvalue weighted by molar-refractivity contribution is -0.121. The molecule has 2 heterocycles. The number of benzene rings is 2. The number of aryl methyl sites for hydroxylation is 2. The molecule has 1 aromatic heterocycles. The molecule has 8 nitrogen and oxygen atoms in total. The van der Waals surface area contributed by atoms with E-state index in [-0.39, 0.29) is 34.4 Å². The normalized spacial score (nSPS) is 15.3. The lowest BCUT2D eigenvalue weighted by Crippen LogP contribution is -2.31. The quantitative estimate of drug-likeness (QED) is 0.180. The zero-order valence-corrected chi connectivity index (χ0v) is 21.5. The van der Waals surface area contributed by atoms with Crippen LogP contribution < -0.4 is 4.90 Å². The van der Waals surface area contributed by atoms with Crippen LogP contribution in [0.4, 0.5) is 5.69 Å². The average Bonchev–Trinajstić information content (AvgIpc) is 3.09. The van der Waals surface area contributed by atoms with Gasteiger partial charge in [0.25, 0.3) is 0 Å². The van der Waals surface area contributed by atoms with Crippen LogP contribution in [-0.2, 0) is 14.3 Å². The van der Waals surface area contributed by atoms with Gasteiger partial charge in [-0.3, -0.25) is 14.4 Å². The summed E-state index contributed by atoms with van der Waals surface area (Å²) in [5.74, 6) is -1.96. The molecule has 0 radical (unpaired) electrons. The number of hydrogen-bond donors (Lipinski definition) is 0. The Bertz CT molecular complexity index is 1360. The van der Waals surface area contributed by atoms with E-state index in [0.29, 0.717) is 15.9 Å². The molecule has 0 saturated carbocycles. The second kappa shape index (κ2) is 10.8. The molecule has 2 aromatic carbocycles. The Balaban J connectivity index is 1.39. The van der Waals surface area contributed by atoms with E-state index in [2.05, 4.69) is 9.97 Å². The molecule has 36 heavy (non-hydrogen) atoms. The molecule has 11 heteroatoms. The molecule has 4 rings (SSSR count). The summed E-state index contributed by atoms with van der Waals surface area (Å²) in [6.07, 6.45) is 0.0129. The van der Waals surface area contributed by atoms with Crippen molar-refractivity contribution in [3.8, 4) is 0 Å². The van der Waals surface area contributed by atoms with Gasteiger partial charge in [-0.05, 0) is 62.4 Å². The van der Waals surface area contributed by atoms with E-state index in [9.17, 15) is 19.2 Å². The van der Waals surface area contributed by atoms with Crippen molar-refractivity contribution < 1.29 is 23.9 Å². The second-order valence-electron chi connectivity index (χ2n) is 7.98. The van der Waals surface area contributed by atoms with Crippen LogP contribution in [0.1, 0.15) is 38.5 Å². The van der Waals surface area contributed by atoms with Crippen LogP contribution in [0.15, 0.2) is 53.7 Å². The number of esters is 1. The van der Waals surface area contributed by atoms with Gasteiger partial charge in [0.2, 0.25) is 17.6 Å². The fraction of sp³-hybridized carbons (Fsp3) is 0.200. The minimum atomic E-state index is -0.737. The Hall–Kier alpha value is -3.27. The van der Waals surface area contributed by atoms with Gasteiger partial charge in [0, 0.05) is 28.4 Å². The van der Waals surface area contributed by atoms with Crippen molar-refractivity contribution in [2.75, 3.05) is 11.5 Å². The Kier molecular flexibility index (Phi) is 7.73. The first kappa shape index (κ1) is 25.8. The number of aromatic nitrogens is 2. The van der Waals surface area contributed by atoms with Crippen LogP contribution in [0.2, 0.25) is 10.0 Å². The highest BCUT2D eigenvalue weighted by Gasteiger charge is 2.40. The van der Waals surface area contributed by atoms with E-state index in [1.54, 1.807) is 0 Å². The molecule has 0 spiro atoms. The first-order chi connectivity index (χ1) is 17.1. The van der Waals surface area contributed by atoms with E-state index < -0.39 is 23.6 Å². The Morgan fingerprint density at radius 2 is 1.69 bits per heavy atom. The topological polar surface area (TPSA) is 107 Å². The Labute approximate surface area is 221 Å². The maximum atomic E-state index is 13.0. The Morgan fingerprint density at radius 1 is 1.03 bits per heavy atom. The van der Waals surface area contributed by atoms with Crippen LogP contribution in [0, 0.1) is 13.8 Å². The molecule has 1 atom stereocenters. The zero-order valence-electron chi connectivity index (χ0n) is 19.2. The predicted molar refractivity (Wildman–Crippen MR) is 136 cm³/mol. The molecule has 1 aliphatic rings. The van der Waals surface area contributed by atoms with Gasteiger partial charge in [0.05, 0.1) is 16.3 Å². The SMILES string of the molecule is Cc1cc(C)nc(SC2CC(=O)N(c3ccc(C(=O)OCC(=O)c4ccc(Cl)cc4Cl)cc3)C2=O)n1. The third-order valence-electron chi connectivity index (χ3n) is 5.24. The molecule has 1 aliphatic heterocycles. The van der Waals surface area contributed by atoms with Gasteiger partial charge in [0.15, 0.2) is 11.8 Å². The Morgan fingerprint density at radius 3 is 2.33 bits per heavy atom. The summed E-state index contributed by atoms with van der Waals surface area (Å²) in [5, 5.41) is 0.336. The van der Waals surface area contributed by atoms with Gasteiger partial charge in [-0.25, -0.2) is 19.7 Å². The molecule has 0 N–H and O–H groups in total. The van der Waals surface area contributed by atoms with E-state index >= 15 is 0 Å². The van der Waals surface area contributed by atoms with Gasteiger partial charge in [-0.2, -0.15) is 0 Å². The van der Waals surface area contributed by atoms with Gasteiger partial charge < -0.3 is 4.74 Å². The zero-order chi connectivity index (χ0) is 26.0. The highest BCUT2D eigenvalue weighted by molar-refractivity contribution is 8.00. The molecule has 1 unspecified atom stereocenters. The minimum Gasteiger partial charge on any atom is -0.454 e. The average molecular weight is 544 g/mol. The summed E-state index contributed by atoms with van der Waals surface area (Å²) in [6.45, 7) is 3.16. The third-order valence-corrected chi connectivity index (χ3v) is 6.84. The molecular weight excluding hydrogens is 525 g/mol. The van der Waals surface area contributed by atoms with Crippen LogP contribution in [0.3, 0.4) is 0 Å². The van der Waals surface area contributed by atoms with Crippen molar-refractivity contribution in [1.82, 2.24) is 9.97 Å². The fourth-order valence-corrected chi connectivity index (χ4v) is 5.19. The van der Waals surface area contributed by atoms with Crippen LogP contribution in [0.25, 0.3) is 0 Å². The van der Waals surface area contributed by atoms with Crippen molar-refractivity contribution in [1.29, 1.82) is 0 Å². The van der Waals surface area contributed by atoms with Crippen LogP contribution in [0.5, 0.6) is 0 Å². The number of thioether (sulfide) groups is 1. The van der Waals surface area contributed by atoms with E-state index in [1.165, 1.54) is 42.5 Å². The first-order valence-corrected chi connectivity index (χ1v) is 12.4. The van der Waals surface area contributed by atoms with Crippen LogP contribution >= 0.6 is 35.0 Å². The number of rotatable bonds is 7. The van der Waals surface area contributed by atoms with Crippen molar-refractivity contribution in [3.05, 3.63) is 81.1 Å². The smallest absolute Gasteiger partial charge is 0.338 e. The fourth-order valence-electron chi connectivity index (χ4n) is 3.60. The highest BCUT2D eigenvalue weighted by atomic mass is 35.5. The monoisotopic (exact) mass is 543 g/mol. The third kappa shape index (κ3) is 5.75. The number of halogens is 2. The van der Waals surface area contributed by atoms with Crippen molar-refractivity contribution >= 4 is 64.2 Å². The molecule has 0 bridgehead atoms. The van der Waals surface area contributed by atoms with Crippen molar-refractivity contribution in [2.45, 2.75) is 30.7 Å². The minimum absolute atomic E-state index is 0.0129. The molecule has 1 saturated heterocycles. The van der Waals surface area contributed by atoms with E-state index in [4.69, 9.17) is 27.9 Å². The molecule has 3 aromatic rings. The number of Topliss-reactive ketones (excluding diaryl/α,β-unsaturated/α-hetero) is 1. The first-order valence-electron chi connectivity index (χ1n) is 10.7. The maximum absolute atomic E-state index is 13.0. The number of ketones is 1. The number of anilines is 1. The predicted octanol–water partition coefficient (Wildman–Crippen LogP) is 4.86. The van der Waals surface area contributed by atoms with Gasteiger partial charge >= 0.3 is 5.97 Å². The summed E-state index contributed by atoms with van der Waals surface area (Å²) >= 11 is 13.0. The van der Waals surface area contributed by atoms with Gasteiger partial charge in [0.1, 0.15) is 5.25 Å². The van der Waals surface area contributed by atoms with Crippen molar-refractivity contribution in [3.63, 3.8) is 0 Å². The number of hydrogen-bond acceptors (Lipinski definition) is 8. The second-order valence-corrected chi connectivity index (χ2v) is 10.00. The summed E-state index contributed by atoms with van der Waals surface area (Å²) in [5.41, 5.74) is 2.23. The number of carbonyl (C=O) groups is 4. The van der Waals surface area contributed by atoms with Gasteiger partial charge in [-0.1, -0.05) is 35.0 Å². The highest BCUT2D eigenvalue weighted by Crippen LogP contribution is 2.33. The summed E-state index contributed by atoms with van der Waals surface area (Å²) in [4.78, 5) is 60.0. The van der Waals surface area contributed by atoms with E-state index in [0.717, 1.165) is 28.0 Å². The molecule has 1 fully saturated rings. The number of carbonyl (C=O) groups excluding carboxylic acids is 4.